The van der Waals surface area contributed by atoms with Gasteiger partial charge in [-0.3, -0.25) is 14.7 Å². The lowest BCUT2D eigenvalue weighted by Crippen LogP contribution is -2.37. The zero-order valence-electron chi connectivity index (χ0n) is 18.4. The van der Waals surface area contributed by atoms with Gasteiger partial charge in [-0.05, 0) is 51.1 Å². The van der Waals surface area contributed by atoms with Gasteiger partial charge in [0.25, 0.3) is 5.91 Å². The summed E-state index contributed by atoms with van der Waals surface area (Å²) in [5.74, 6) is -0.916. The molecule has 0 saturated carbocycles. The van der Waals surface area contributed by atoms with Crippen molar-refractivity contribution >= 4 is 40.1 Å². The molecule has 1 aliphatic rings. The molecular weight excluding hydrogens is 426 g/mol. The average molecular weight is 452 g/mol. The number of halogens is 1. The number of anilines is 1. The Morgan fingerprint density at radius 3 is 2.53 bits per heavy atom. The van der Waals surface area contributed by atoms with Gasteiger partial charge in [-0.1, -0.05) is 29.8 Å². The molecule has 0 spiro atoms. The molecule has 1 aliphatic heterocycles. The lowest BCUT2D eigenvalue weighted by Gasteiger charge is -2.32. The minimum atomic E-state index is -0.967. The zero-order chi connectivity index (χ0) is 22.8. The van der Waals surface area contributed by atoms with Crippen molar-refractivity contribution in [2.24, 2.45) is 0 Å². The van der Waals surface area contributed by atoms with E-state index in [9.17, 15) is 9.59 Å². The molecule has 0 saturated heterocycles. The summed E-state index contributed by atoms with van der Waals surface area (Å²) in [6.07, 6.45) is -0.198. The summed E-state index contributed by atoms with van der Waals surface area (Å²) in [5, 5.41) is 4.07. The van der Waals surface area contributed by atoms with E-state index in [0.29, 0.717) is 28.9 Å². The van der Waals surface area contributed by atoms with Crippen LogP contribution in [0.15, 0.2) is 48.5 Å². The summed E-state index contributed by atoms with van der Waals surface area (Å²) in [6.45, 7) is 7.37. The first-order valence-corrected chi connectivity index (χ1v) is 11.1. The number of esters is 1. The molecule has 1 N–H and O–H groups in total. The molecule has 0 fully saturated rings. The Hall–Kier alpha value is -2.96. The molecule has 2 heterocycles. The Morgan fingerprint density at radius 1 is 1.09 bits per heavy atom. The lowest BCUT2D eigenvalue weighted by atomic mass is 9.95. The summed E-state index contributed by atoms with van der Waals surface area (Å²) in [6, 6.07) is 14.7. The van der Waals surface area contributed by atoms with Crippen LogP contribution < -0.4 is 5.32 Å². The van der Waals surface area contributed by atoms with Crippen LogP contribution in [0, 0.1) is 0 Å². The van der Waals surface area contributed by atoms with Gasteiger partial charge >= 0.3 is 5.97 Å². The molecule has 2 aromatic carbocycles. The number of hydrogen-bond acceptors (Lipinski definition) is 5. The van der Waals surface area contributed by atoms with Crippen LogP contribution in [0.3, 0.4) is 0 Å². The number of ether oxygens (including phenoxy) is 1. The summed E-state index contributed by atoms with van der Waals surface area (Å²) >= 11 is 5.89. The number of carbonyl (C=O) groups is 2. The quantitative estimate of drug-likeness (QED) is 0.562. The maximum absolute atomic E-state index is 13.4. The van der Waals surface area contributed by atoms with Crippen LogP contribution in [0.25, 0.3) is 10.9 Å². The van der Waals surface area contributed by atoms with E-state index in [1.807, 2.05) is 24.3 Å². The Labute approximate surface area is 192 Å². The SMILES string of the molecule is CC(OC(=O)c1c2c(nc3ccccc13)CCN(C(C)C)C2)C(=O)Nc1ccc(Cl)cc1. The Kier molecular flexibility index (Phi) is 6.44. The first-order chi connectivity index (χ1) is 15.3. The first-order valence-electron chi connectivity index (χ1n) is 10.8. The summed E-state index contributed by atoms with van der Waals surface area (Å²) < 4.78 is 5.64. The molecule has 1 aromatic heterocycles. The second-order valence-corrected chi connectivity index (χ2v) is 8.72. The number of pyridine rings is 1. The van der Waals surface area contributed by atoms with Crippen LogP contribution in [0.4, 0.5) is 5.69 Å². The number of para-hydroxylation sites is 1. The molecule has 0 aliphatic carbocycles. The van der Waals surface area contributed by atoms with E-state index in [4.69, 9.17) is 21.3 Å². The van der Waals surface area contributed by atoms with Gasteiger partial charge in [-0.25, -0.2) is 4.79 Å². The van der Waals surface area contributed by atoms with E-state index in [-0.39, 0.29) is 0 Å². The maximum Gasteiger partial charge on any atom is 0.339 e. The van der Waals surface area contributed by atoms with Crippen LogP contribution in [0.2, 0.25) is 5.02 Å². The Morgan fingerprint density at radius 2 is 1.81 bits per heavy atom. The number of nitrogens with one attached hydrogen (secondary N) is 1. The van der Waals surface area contributed by atoms with Gasteiger partial charge in [0.1, 0.15) is 0 Å². The van der Waals surface area contributed by atoms with Gasteiger partial charge < -0.3 is 10.1 Å². The summed E-state index contributed by atoms with van der Waals surface area (Å²) in [5.41, 5.74) is 3.66. The summed E-state index contributed by atoms with van der Waals surface area (Å²) in [7, 11) is 0. The van der Waals surface area contributed by atoms with Crippen molar-refractivity contribution < 1.29 is 14.3 Å². The van der Waals surface area contributed by atoms with Crippen molar-refractivity contribution in [1.29, 1.82) is 0 Å². The van der Waals surface area contributed by atoms with Crippen molar-refractivity contribution in [3.05, 3.63) is 70.4 Å². The van der Waals surface area contributed by atoms with Gasteiger partial charge in [0, 0.05) is 52.9 Å². The van der Waals surface area contributed by atoms with Crippen molar-refractivity contribution in [2.45, 2.75) is 45.9 Å². The third kappa shape index (κ3) is 4.61. The number of nitrogens with zero attached hydrogens (tertiary/aromatic N) is 2. The molecule has 166 valence electrons. The van der Waals surface area contributed by atoms with Gasteiger partial charge in [-0.15, -0.1) is 0 Å². The fourth-order valence-electron chi connectivity index (χ4n) is 3.94. The van der Waals surface area contributed by atoms with E-state index in [1.165, 1.54) is 0 Å². The highest BCUT2D eigenvalue weighted by Gasteiger charge is 2.29. The van der Waals surface area contributed by atoms with E-state index in [0.717, 1.165) is 35.1 Å². The fraction of sp³-hybridized carbons (Fsp3) is 0.320. The van der Waals surface area contributed by atoms with E-state index in [1.54, 1.807) is 31.2 Å². The minimum Gasteiger partial charge on any atom is -0.449 e. The van der Waals surface area contributed by atoms with Gasteiger partial charge in [0.2, 0.25) is 0 Å². The molecule has 7 heteroatoms. The zero-order valence-corrected chi connectivity index (χ0v) is 19.1. The smallest absolute Gasteiger partial charge is 0.339 e. The topological polar surface area (TPSA) is 71.5 Å². The molecule has 1 atom stereocenters. The predicted molar refractivity (Wildman–Crippen MR) is 126 cm³/mol. The number of carbonyl (C=O) groups excluding carboxylic acids is 2. The van der Waals surface area contributed by atoms with Crippen LogP contribution in [-0.2, 0) is 22.5 Å². The van der Waals surface area contributed by atoms with Crippen LogP contribution in [0.5, 0.6) is 0 Å². The van der Waals surface area contributed by atoms with Crippen LogP contribution >= 0.6 is 11.6 Å². The van der Waals surface area contributed by atoms with E-state index >= 15 is 0 Å². The standard InChI is InChI=1S/C25H26ClN3O3/c1-15(2)29-13-12-22-20(14-29)23(19-6-4-5-7-21(19)28-22)25(31)32-16(3)24(30)27-18-10-8-17(26)9-11-18/h4-11,15-16H,12-14H2,1-3H3,(H,27,30). The molecule has 1 unspecified atom stereocenters. The normalized spacial score (nSPS) is 14.8. The van der Waals surface area contributed by atoms with Crippen LogP contribution in [-0.4, -0.2) is 40.5 Å². The molecule has 32 heavy (non-hydrogen) atoms. The van der Waals surface area contributed by atoms with Crippen LogP contribution in [0.1, 0.15) is 42.4 Å². The van der Waals surface area contributed by atoms with Gasteiger partial charge in [-0.2, -0.15) is 0 Å². The fourth-order valence-corrected chi connectivity index (χ4v) is 4.06. The third-order valence-electron chi connectivity index (χ3n) is 5.78. The summed E-state index contributed by atoms with van der Waals surface area (Å²) in [4.78, 5) is 33.1. The number of hydrogen-bond donors (Lipinski definition) is 1. The van der Waals surface area contributed by atoms with E-state index in [2.05, 4.69) is 24.1 Å². The Bertz CT molecular complexity index is 1160. The van der Waals surface area contributed by atoms with Crippen molar-refractivity contribution in [2.75, 3.05) is 11.9 Å². The van der Waals surface area contributed by atoms with E-state index < -0.39 is 18.0 Å². The highest BCUT2D eigenvalue weighted by atomic mass is 35.5. The predicted octanol–water partition coefficient (Wildman–Crippen LogP) is 4.84. The van der Waals surface area contributed by atoms with Gasteiger partial charge in [0.05, 0.1) is 11.1 Å². The average Bonchev–Trinajstić information content (AvgIpc) is 2.78. The molecular formula is C25H26ClN3O3. The molecule has 0 bridgehead atoms. The largest absolute Gasteiger partial charge is 0.449 e. The highest BCUT2D eigenvalue weighted by Crippen LogP contribution is 2.30. The lowest BCUT2D eigenvalue weighted by molar-refractivity contribution is -0.123. The monoisotopic (exact) mass is 451 g/mol. The molecule has 1 amide bonds. The first kappa shape index (κ1) is 22.2. The second-order valence-electron chi connectivity index (χ2n) is 8.29. The second kappa shape index (κ2) is 9.27. The number of benzene rings is 2. The molecule has 0 radical (unpaired) electrons. The molecule has 3 aromatic rings. The van der Waals surface area contributed by atoms with Crippen molar-refractivity contribution in [3.8, 4) is 0 Å². The number of fused-ring (bicyclic) bond motifs is 2. The number of rotatable bonds is 5. The highest BCUT2D eigenvalue weighted by molar-refractivity contribution is 6.30. The number of aromatic nitrogens is 1. The van der Waals surface area contributed by atoms with Crippen molar-refractivity contribution in [1.82, 2.24) is 9.88 Å². The molecule has 4 rings (SSSR count). The van der Waals surface area contributed by atoms with Crippen molar-refractivity contribution in [3.63, 3.8) is 0 Å². The Balaban J connectivity index is 1.62. The maximum atomic E-state index is 13.4. The minimum absolute atomic E-state index is 0.350. The van der Waals surface area contributed by atoms with Gasteiger partial charge in [0.15, 0.2) is 6.10 Å². The number of amides is 1. The molecule has 6 nitrogen and oxygen atoms in total. The third-order valence-corrected chi connectivity index (χ3v) is 6.03.